The highest BCUT2D eigenvalue weighted by molar-refractivity contribution is 5.97. The molecule has 0 radical (unpaired) electrons. The maximum atomic E-state index is 12.6. The van der Waals surface area contributed by atoms with Gasteiger partial charge in [0.2, 0.25) is 0 Å². The third kappa shape index (κ3) is 2.16. The average molecular weight is 318 g/mol. The SMILES string of the molecule is CNC(=O)c1ccc2c(=O)n(-c3ccc4ncccc4c3)[nH]c2c1. The molecule has 0 saturated carbocycles. The van der Waals surface area contributed by atoms with E-state index in [1.165, 1.54) is 4.68 Å². The van der Waals surface area contributed by atoms with Gasteiger partial charge in [0, 0.05) is 24.2 Å². The van der Waals surface area contributed by atoms with Crippen molar-refractivity contribution in [3.63, 3.8) is 0 Å². The van der Waals surface area contributed by atoms with Crippen molar-refractivity contribution < 1.29 is 4.79 Å². The van der Waals surface area contributed by atoms with E-state index in [0.717, 1.165) is 16.6 Å². The largest absolute Gasteiger partial charge is 0.355 e. The fourth-order valence-electron chi connectivity index (χ4n) is 2.78. The average Bonchev–Trinajstić information content (AvgIpc) is 2.96. The number of amides is 1. The molecule has 6 nitrogen and oxygen atoms in total. The van der Waals surface area contributed by atoms with Crippen LogP contribution < -0.4 is 10.9 Å². The summed E-state index contributed by atoms with van der Waals surface area (Å²) < 4.78 is 1.48. The summed E-state index contributed by atoms with van der Waals surface area (Å²) in [4.78, 5) is 28.7. The molecule has 6 heteroatoms. The Morgan fingerprint density at radius 2 is 2.04 bits per heavy atom. The molecule has 4 aromatic rings. The van der Waals surface area contributed by atoms with Gasteiger partial charge in [-0.25, -0.2) is 4.68 Å². The van der Waals surface area contributed by atoms with E-state index in [2.05, 4.69) is 15.4 Å². The summed E-state index contributed by atoms with van der Waals surface area (Å²) in [7, 11) is 1.57. The number of nitrogens with one attached hydrogen (secondary N) is 2. The topological polar surface area (TPSA) is 79.8 Å². The number of aromatic nitrogens is 3. The third-order valence-corrected chi connectivity index (χ3v) is 4.02. The molecule has 24 heavy (non-hydrogen) atoms. The van der Waals surface area contributed by atoms with Gasteiger partial charge in [-0.1, -0.05) is 6.07 Å². The Labute approximate surface area is 136 Å². The van der Waals surface area contributed by atoms with Crippen LogP contribution in [0.3, 0.4) is 0 Å². The second-order valence-corrected chi connectivity index (χ2v) is 5.47. The van der Waals surface area contributed by atoms with Crippen LogP contribution in [0.4, 0.5) is 0 Å². The first kappa shape index (κ1) is 14.2. The highest BCUT2D eigenvalue weighted by Gasteiger charge is 2.11. The van der Waals surface area contributed by atoms with Crippen LogP contribution in [0.25, 0.3) is 27.5 Å². The summed E-state index contributed by atoms with van der Waals surface area (Å²) in [5.41, 5.74) is 2.55. The van der Waals surface area contributed by atoms with Crippen molar-refractivity contribution in [3.05, 3.63) is 70.6 Å². The van der Waals surface area contributed by atoms with E-state index in [-0.39, 0.29) is 11.5 Å². The maximum absolute atomic E-state index is 12.6. The summed E-state index contributed by atoms with van der Waals surface area (Å²) in [6, 6.07) is 14.4. The quantitative estimate of drug-likeness (QED) is 0.595. The standard InChI is InChI=1S/C18H14N4O2/c1-19-17(23)12-4-6-14-16(10-12)21-22(18(14)24)13-5-7-15-11(9-13)3-2-8-20-15/h2-10,21H,1H3,(H,19,23). The molecule has 0 fully saturated rings. The van der Waals surface area contributed by atoms with Crippen LogP contribution in [0.1, 0.15) is 10.4 Å². The van der Waals surface area contributed by atoms with Crippen molar-refractivity contribution in [2.75, 3.05) is 7.05 Å². The van der Waals surface area contributed by atoms with Gasteiger partial charge in [0.25, 0.3) is 11.5 Å². The van der Waals surface area contributed by atoms with Gasteiger partial charge in [-0.15, -0.1) is 0 Å². The van der Waals surface area contributed by atoms with E-state index >= 15 is 0 Å². The minimum absolute atomic E-state index is 0.156. The Morgan fingerprint density at radius 1 is 1.17 bits per heavy atom. The Kier molecular flexibility index (Phi) is 3.16. The van der Waals surface area contributed by atoms with Gasteiger partial charge in [0.05, 0.1) is 22.1 Å². The summed E-state index contributed by atoms with van der Waals surface area (Å²) in [6.07, 6.45) is 1.73. The molecule has 0 aliphatic rings. The maximum Gasteiger partial charge on any atom is 0.279 e. The fraction of sp³-hybridized carbons (Fsp3) is 0.0556. The number of benzene rings is 2. The van der Waals surface area contributed by atoms with E-state index in [0.29, 0.717) is 16.5 Å². The summed E-state index contributed by atoms with van der Waals surface area (Å²) in [6.45, 7) is 0. The molecule has 4 rings (SSSR count). The second kappa shape index (κ2) is 5.34. The van der Waals surface area contributed by atoms with Crippen molar-refractivity contribution >= 4 is 27.7 Å². The molecule has 2 aromatic heterocycles. The van der Waals surface area contributed by atoms with E-state index in [1.807, 2.05) is 30.3 Å². The lowest BCUT2D eigenvalue weighted by Gasteiger charge is -2.03. The minimum Gasteiger partial charge on any atom is -0.355 e. The number of pyridine rings is 1. The van der Waals surface area contributed by atoms with Crippen LogP contribution in [0.2, 0.25) is 0 Å². The molecule has 0 unspecified atom stereocenters. The molecule has 0 spiro atoms. The third-order valence-electron chi connectivity index (χ3n) is 4.02. The van der Waals surface area contributed by atoms with Gasteiger partial charge in [0.15, 0.2) is 0 Å². The van der Waals surface area contributed by atoms with Crippen LogP contribution in [-0.2, 0) is 0 Å². The van der Waals surface area contributed by atoms with Gasteiger partial charge in [-0.05, 0) is 42.5 Å². The highest BCUT2D eigenvalue weighted by atomic mass is 16.1. The van der Waals surface area contributed by atoms with E-state index in [4.69, 9.17) is 0 Å². The number of nitrogens with zero attached hydrogens (tertiary/aromatic N) is 2. The molecule has 0 saturated heterocycles. The molecule has 0 atom stereocenters. The number of aromatic amines is 1. The van der Waals surface area contributed by atoms with Crippen LogP contribution in [-0.4, -0.2) is 27.7 Å². The molecule has 2 N–H and O–H groups in total. The van der Waals surface area contributed by atoms with Crippen LogP contribution in [0, 0.1) is 0 Å². The predicted octanol–water partition coefficient (Wildman–Crippen LogP) is 2.23. The van der Waals surface area contributed by atoms with Crippen molar-refractivity contribution in [1.29, 1.82) is 0 Å². The number of carbonyl (C=O) groups is 1. The fourth-order valence-corrected chi connectivity index (χ4v) is 2.78. The van der Waals surface area contributed by atoms with E-state index < -0.39 is 0 Å². The number of hydrogen-bond donors (Lipinski definition) is 2. The Balaban J connectivity index is 1.90. The monoisotopic (exact) mass is 318 g/mol. The van der Waals surface area contributed by atoms with Crippen molar-refractivity contribution in [3.8, 4) is 5.69 Å². The van der Waals surface area contributed by atoms with Gasteiger partial charge >= 0.3 is 0 Å². The van der Waals surface area contributed by atoms with Gasteiger partial charge in [-0.2, -0.15) is 0 Å². The molecule has 2 heterocycles. The lowest BCUT2D eigenvalue weighted by Crippen LogP contribution is -2.17. The van der Waals surface area contributed by atoms with Crippen LogP contribution in [0.15, 0.2) is 59.5 Å². The van der Waals surface area contributed by atoms with E-state index in [1.54, 1.807) is 31.4 Å². The summed E-state index contributed by atoms with van der Waals surface area (Å²) in [5.74, 6) is -0.192. The van der Waals surface area contributed by atoms with Crippen LogP contribution >= 0.6 is 0 Å². The van der Waals surface area contributed by atoms with Crippen molar-refractivity contribution in [2.45, 2.75) is 0 Å². The zero-order chi connectivity index (χ0) is 16.7. The normalized spacial score (nSPS) is 11.0. The molecule has 0 bridgehead atoms. The Bertz CT molecular complexity index is 1140. The molecular formula is C18H14N4O2. The number of carbonyl (C=O) groups excluding carboxylic acids is 1. The van der Waals surface area contributed by atoms with Gasteiger partial charge in [0.1, 0.15) is 0 Å². The number of rotatable bonds is 2. The van der Waals surface area contributed by atoms with Crippen molar-refractivity contribution in [2.24, 2.45) is 0 Å². The number of hydrogen-bond acceptors (Lipinski definition) is 3. The molecule has 1 amide bonds. The van der Waals surface area contributed by atoms with Crippen LogP contribution in [0.5, 0.6) is 0 Å². The minimum atomic E-state index is -0.192. The molecule has 2 aromatic carbocycles. The summed E-state index contributed by atoms with van der Waals surface area (Å²) >= 11 is 0. The zero-order valence-corrected chi connectivity index (χ0v) is 12.9. The van der Waals surface area contributed by atoms with Gasteiger partial charge < -0.3 is 5.32 Å². The molecular weight excluding hydrogens is 304 g/mol. The summed E-state index contributed by atoms with van der Waals surface area (Å²) in [5, 5.41) is 7.13. The first-order chi connectivity index (χ1) is 11.7. The molecule has 0 aliphatic carbocycles. The van der Waals surface area contributed by atoms with E-state index in [9.17, 15) is 9.59 Å². The number of H-pyrrole nitrogens is 1. The lowest BCUT2D eigenvalue weighted by atomic mass is 10.1. The van der Waals surface area contributed by atoms with Crippen molar-refractivity contribution in [1.82, 2.24) is 20.1 Å². The zero-order valence-electron chi connectivity index (χ0n) is 12.9. The number of fused-ring (bicyclic) bond motifs is 2. The second-order valence-electron chi connectivity index (χ2n) is 5.47. The first-order valence-corrected chi connectivity index (χ1v) is 7.49. The van der Waals surface area contributed by atoms with Gasteiger partial charge in [-0.3, -0.25) is 19.7 Å². The lowest BCUT2D eigenvalue weighted by molar-refractivity contribution is 0.0963. The predicted molar refractivity (Wildman–Crippen MR) is 92.6 cm³/mol. The molecule has 0 aliphatic heterocycles. The molecule has 118 valence electrons. The Hall–Kier alpha value is -3.41. The highest BCUT2D eigenvalue weighted by Crippen LogP contribution is 2.17. The Morgan fingerprint density at radius 3 is 2.88 bits per heavy atom. The smallest absolute Gasteiger partial charge is 0.279 e. The first-order valence-electron chi connectivity index (χ1n) is 7.49.